The molecule has 0 fully saturated rings. The van der Waals surface area contributed by atoms with Crippen LogP contribution in [0.15, 0.2) is 48.8 Å². The molecule has 0 atom stereocenters. The second-order valence-corrected chi connectivity index (χ2v) is 3.80. The Morgan fingerprint density at radius 1 is 1.22 bits per heavy atom. The maximum atomic E-state index is 13.1. The number of aromatic nitrogens is 2. The molecule has 0 saturated carbocycles. The van der Waals surface area contributed by atoms with Gasteiger partial charge in [0.25, 0.3) is 0 Å². The Labute approximate surface area is 102 Å². The lowest BCUT2D eigenvalue weighted by molar-refractivity contribution is 0.454. The number of hydrogen-bond acceptors (Lipinski definition) is 3. The first-order valence-corrected chi connectivity index (χ1v) is 5.39. The van der Waals surface area contributed by atoms with Crippen molar-refractivity contribution in [2.24, 2.45) is 0 Å². The third-order valence-corrected chi connectivity index (χ3v) is 2.58. The summed E-state index contributed by atoms with van der Waals surface area (Å²) < 4.78 is 20.5. The van der Waals surface area contributed by atoms with Crippen LogP contribution >= 0.6 is 0 Å². The molecule has 2 aromatic heterocycles. The van der Waals surface area contributed by atoms with E-state index in [-0.39, 0.29) is 5.75 Å². The first-order valence-electron chi connectivity index (χ1n) is 5.39. The van der Waals surface area contributed by atoms with Gasteiger partial charge in [-0.15, -0.1) is 0 Å². The fraction of sp³-hybridized carbons (Fsp3) is 0. The second-order valence-electron chi connectivity index (χ2n) is 3.80. The minimum Gasteiger partial charge on any atom is -0.438 e. The van der Waals surface area contributed by atoms with E-state index in [1.54, 1.807) is 22.9 Å². The van der Waals surface area contributed by atoms with Gasteiger partial charge in [-0.2, -0.15) is 0 Å². The molecular weight excluding hydrogens is 233 g/mol. The Morgan fingerprint density at radius 3 is 3.00 bits per heavy atom. The van der Waals surface area contributed by atoms with Gasteiger partial charge < -0.3 is 10.5 Å². The third-order valence-electron chi connectivity index (χ3n) is 2.58. The highest BCUT2D eigenvalue weighted by Gasteiger charge is 2.07. The molecule has 1 aromatic carbocycles. The van der Waals surface area contributed by atoms with Gasteiger partial charge in [0.05, 0.1) is 5.69 Å². The van der Waals surface area contributed by atoms with Gasteiger partial charge in [-0.3, -0.25) is 4.40 Å². The smallest absolute Gasteiger partial charge is 0.205 e. The van der Waals surface area contributed by atoms with Crippen LogP contribution in [-0.4, -0.2) is 9.38 Å². The summed E-state index contributed by atoms with van der Waals surface area (Å²) in [6.45, 7) is 0. The van der Waals surface area contributed by atoms with Gasteiger partial charge in [0, 0.05) is 18.5 Å². The first kappa shape index (κ1) is 10.6. The zero-order chi connectivity index (χ0) is 12.5. The Bertz CT molecular complexity index is 708. The van der Waals surface area contributed by atoms with Gasteiger partial charge in [-0.1, -0.05) is 6.07 Å². The van der Waals surface area contributed by atoms with Crippen LogP contribution in [0.5, 0.6) is 11.6 Å². The maximum Gasteiger partial charge on any atom is 0.205 e. The minimum absolute atomic E-state index is 0.288. The average Bonchev–Trinajstić information content (AvgIpc) is 2.83. The molecule has 4 nitrogen and oxygen atoms in total. The van der Waals surface area contributed by atoms with Crippen molar-refractivity contribution in [3.63, 3.8) is 0 Å². The average molecular weight is 243 g/mol. The van der Waals surface area contributed by atoms with Crippen LogP contribution in [-0.2, 0) is 0 Å². The summed E-state index contributed by atoms with van der Waals surface area (Å²) in [7, 11) is 0. The largest absolute Gasteiger partial charge is 0.438 e. The molecule has 2 N–H and O–H groups in total. The van der Waals surface area contributed by atoms with Crippen molar-refractivity contribution in [2.45, 2.75) is 0 Å². The predicted octanol–water partition coefficient (Wildman–Crippen LogP) is 2.85. The normalized spacial score (nSPS) is 10.7. The Kier molecular flexibility index (Phi) is 2.37. The van der Waals surface area contributed by atoms with Crippen molar-refractivity contribution in [1.82, 2.24) is 9.38 Å². The van der Waals surface area contributed by atoms with Crippen molar-refractivity contribution < 1.29 is 9.13 Å². The molecule has 0 radical (unpaired) electrons. The SMILES string of the molecule is Nc1ccc(F)cc1Oc1cccc2nccn12. The number of anilines is 1. The first-order chi connectivity index (χ1) is 8.74. The van der Waals surface area contributed by atoms with Gasteiger partial charge in [0.1, 0.15) is 11.5 Å². The van der Waals surface area contributed by atoms with Crippen LogP contribution in [0, 0.1) is 5.82 Å². The van der Waals surface area contributed by atoms with Crippen molar-refractivity contribution in [3.8, 4) is 11.6 Å². The van der Waals surface area contributed by atoms with E-state index < -0.39 is 5.82 Å². The number of nitrogens with two attached hydrogens (primary N) is 1. The highest BCUT2D eigenvalue weighted by atomic mass is 19.1. The summed E-state index contributed by atoms with van der Waals surface area (Å²) in [5, 5.41) is 0. The summed E-state index contributed by atoms with van der Waals surface area (Å²) in [5.74, 6) is 0.426. The number of ether oxygens (including phenoxy) is 1. The van der Waals surface area contributed by atoms with Gasteiger partial charge in [0.15, 0.2) is 5.75 Å². The molecule has 3 aromatic rings. The molecule has 0 bridgehead atoms. The summed E-state index contributed by atoms with van der Waals surface area (Å²) in [5.41, 5.74) is 6.88. The van der Waals surface area contributed by atoms with Crippen molar-refractivity contribution in [3.05, 3.63) is 54.6 Å². The van der Waals surface area contributed by atoms with Gasteiger partial charge in [0.2, 0.25) is 5.88 Å². The van der Waals surface area contributed by atoms with Crippen molar-refractivity contribution in [2.75, 3.05) is 5.73 Å². The summed E-state index contributed by atoms with van der Waals surface area (Å²) in [4.78, 5) is 4.14. The fourth-order valence-electron chi connectivity index (χ4n) is 1.71. The Hall–Kier alpha value is -2.56. The molecule has 0 saturated heterocycles. The van der Waals surface area contributed by atoms with Crippen molar-refractivity contribution >= 4 is 11.3 Å². The topological polar surface area (TPSA) is 52.5 Å². The van der Waals surface area contributed by atoms with E-state index in [4.69, 9.17) is 10.5 Å². The molecule has 0 aliphatic heterocycles. The van der Waals surface area contributed by atoms with Crippen molar-refractivity contribution in [1.29, 1.82) is 0 Å². The third kappa shape index (κ3) is 1.75. The molecule has 0 aliphatic rings. The van der Waals surface area contributed by atoms with Gasteiger partial charge in [-0.05, 0) is 24.3 Å². The predicted molar refractivity (Wildman–Crippen MR) is 66.1 cm³/mol. The number of pyridine rings is 1. The standard InChI is InChI=1S/C13H10FN3O/c14-9-4-5-10(15)11(8-9)18-13-3-1-2-12-16-6-7-17(12)13/h1-8H,15H2. The van der Waals surface area contributed by atoms with Crippen LogP contribution in [0.3, 0.4) is 0 Å². The summed E-state index contributed by atoms with van der Waals surface area (Å²) >= 11 is 0. The molecule has 2 heterocycles. The number of benzene rings is 1. The zero-order valence-corrected chi connectivity index (χ0v) is 9.38. The lowest BCUT2D eigenvalue weighted by Crippen LogP contribution is -1.96. The summed E-state index contributed by atoms with van der Waals surface area (Å²) in [6.07, 6.45) is 3.43. The number of rotatable bonds is 2. The quantitative estimate of drug-likeness (QED) is 0.704. The fourth-order valence-corrected chi connectivity index (χ4v) is 1.71. The van der Waals surface area contributed by atoms with E-state index in [1.165, 1.54) is 18.2 Å². The van der Waals surface area contributed by atoms with E-state index >= 15 is 0 Å². The monoisotopic (exact) mass is 243 g/mol. The van der Waals surface area contributed by atoms with E-state index in [0.29, 0.717) is 11.6 Å². The number of imidazole rings is 1. The lowest BCUT2D eigenvalue weighted by Gasteiger charge is -2.09. The molecule has 3 rings (SSSR count). The molecule has 5 heteroatoms. The lowest BCUT2D eigenvalue weighted by atomic mass is 10.3. The maximum absolute atomic E-state index is 13.1. The summed E-state index contributed by atoms with van der Waals surface area (Å²) in [6, 6.07) is 9.44. The molecule has 90 valence electrons. The number of nitrogens with zero attached hydrogens (tertiary/aromatic N) is 2. The van der Waals surface area contributed by atoms with Crippen LogP contribution in [0.25, 0.3) is 5.65 Å². The Balaban J connectivity index is 2.06. The Morgan fingerprint density at radius 2 is 2.11 bits per heavy atom. The number of fused-ring (bicyclic) bond motifs is 1. The van der Waals surface area contributed by atoms with E-state index in [2.05, 4.69) is 4.98 Å². The second kappa shape index (κ2) is 4.03. The number of nitrogen functional groups attached to an aromatic ring is 1. The highest BCUT2D eigenvalue weighted by Crippen LogP contribution is 2.28. The van der Waals surface area contributed by atoms with Crippen LogP contribution < -0.4 is 10.5 Å². The molecule has 18 heavy (non-hydrogen) atoms. The zero-order valence-electron chi connectivity index (χ0n) is 9.38. The molecular formula is C13H10FN3O. The van der Waals surface area contributed by atoms with Crippen LogP contribution in [0.4, 0.5) is 10.1 Å². The molecule has 0 unspecified atom stereocenters. The van der Waals surface area contributed by atoms with E-state index in [1.807, 2.05) is 12.1 Å². The van der Waals surface area contributed by atoms with Crippen LogP contribution in [0.1, 0.15) is 0 Å². The van der Waals surface area contributed by atoms with Crippen LogP contribution in [0.2, 0.25) is 0 Å². The minimum atomic E-state index is -0.392. The number of halogens is 1. The molecule has 0 amide bonds. The van der Waals surface area contributed by atoms with E-state index in [9.17, 15) is 4.39 Å². The van der Waals surface area contributed by atoms with E-state index in [0.717, 1.165) is 5.65 Å². The molecule has 0 spiro atoms. The molecule has 0 aliphatic carbocycles. The number of hydrogen-bond donors (Lipinski definition) is 1. The van der Waals surface area contributed by atoms with Gasteiger partial charge in [-0.25, -0.2) is 9.37 Å². The van der Waals surface area contributed by atoms with Gasteiger partial charge >= 0.3 is 0 Å². The highest BCUT2D eigenvalue weighted by molar-refractivity contribution is 5.54.